The molecule has 116 valence electrons. The van der Waals surface area contributed by atoms with Crippen LogP contribution in [0.3, 0.4) is 0 Å². The van der Waals surface area contributed by atoms with E-state index in [0.29, 0.717) is 30.6 Å². The average molecular weight is 310 g/mol. The van der Waals surface area contributed by atoms with Crippen molar-refractivity contribution >= 4 is 11.0 Å². The molecule has 0 fully saturated rings. The van der Waals surface area contributed by atoms with Gasteiger partial charge >= 0.3 is 0 Å². The molecule has 0 radical (unpaired) electrons. The van der Waals surface area contributed by atoms with Crippen LogP contribution in [-0.2, 0) is 17.9 Å². The second-order valence-electron chi connectivity index (χ2n) is 5.03. The lowest BCUT2D eigenvalue weighted by Gasteiger charge is -2.05. The minimum atomic E-state index is 0.364. The number of furan rings is 1. The molecular formula is C16H14N4O3. The quantitative estimate of drug-likeness (QED) is 0.564. The van der Waals surface area contributed by atoms with E-state index in [1.54, 1.807) is 25.5 Å². The Hall–Kier alpha value is -2.93. The molecule has 0 amide bonds. The highest BCUT2D eigenvalue weighted by Crippen LogP contribution is 2.20. The van der Waals surface area contributed by atoms with Gasteiger partial charge < -0.3 is 18.2 Å². The molecule has 0 spiro atoms. The van der Waals surface area contributed by atoms with Crippen LogP contribution < -0.4 is 0 Å². The lowest BCUT2D eigenvalue weighted by Crippen LogP contribution is -2.07. The number of hydrogen-bond donors (Lipinski definition) is 0. The van der Waals surface area contributed by atoms with Gasteiger partial charge in [0.1, 0.15) is 12.4 Å². The lowest BCUT2D eigenvalue weighted by atomic mass is 10.3. The van der Waals surface area contributed by atoms with Crippen molar-refractivity contribution in [3.63, 3.8) is 0 Å². The number of nitrogens with zero attached hydrogens (tertiary/aromatic N) is 4. The zero-order valence-electron chi connectivity index (χ0n) is 12.5. The summed E-state index contributed by atoms with van der Waals surface area (Å²) < 4.78 is 17.8. The molecule has 0 unspecified atom stereocenters. The van der Waals surface area contributed by atoms with Crippen LogP contribution in [0.25, 0.3) is 22.7 Å². The van der Waals surface area contributed by atoms with Crippen molar-refractivity contribution in [1.29, 1.82) is 0 Å². The molecule has 7 heteroatoms. The third-order valence-electron chi connectivity index (χ3n) is 3.51. The molecule has 0 aliphatic heterocycles. The molecule has 0 saturated heterocycles. The first-order chi connectivity index (χ1) is 11.3. The number of aromatic nitrogens is 4. The van der Waals surface area contributed by atoms with Gasteiger partial charge in [0.15, 0.2) is 11.6 Å². The van der Waals surface area contributed by atoms with Crippen LogP contribution in [0.1, 0.15) is 11.6 Å². The Morgan fingerprint density at radius 3 is 2.87 bits per heavy atom. The number of hydrogen-bond acceptors (Lipinski definition) is 6. The molecule has 0 atom stereocenters. The predicted octanol–water partition coefficient (Wildman–Crippen LogP) is 2.87. The van der Waals surface area contributed by atoms with E-state index in [0.717, 1.165) is 16.9 Å². The van der Waals surface area contributed by atoms with Crippen LogP contribution >= 0.6 is 0 Å². The van der Waals surface area contributed by atoms with E-state index in [9.17, 15) is 0 Å². The first-order valence-corrected chi connectivity index (χ1v) is 7.14. The summed E-state index contributed by atoms with van der Waals surface area (Å²) in [5.41, 5.74) is 1.92. The fourth-order valence-corrected chi connectivity index (χ4v) is 2.50. The molecule has 1 aromatic carbocycles. The summed E-state index contributed by atoms with van der Waals surface area (Å²) in [4.78, 5) is 8.96. The summed E-state index contributed by atoms with van der Waals surface area (Å²) in [6, 6.07) is 11.5. The van der Waals surface area contributed by atoms with Gasteiger partial charge in [0, 0.05) is 7.11 Å². The fourth-order valence-electron chi connectivity index (χ4n) is 2.50. The number of rotatable bonds is 5. The van der Waals surface area contributed by atoms with Gasteiger partial charge in [-0.25, -0.2) is 4.98 Å². The maximum absolute atomic E-state index is 5.27. The fraction of sp³-hybridized carbons (Fsp3) is 0.188. The van der Waals surface area contributed by atoms with Crippen LogP contribution in [0.15, 0.2) is 51.6 Å². The molecular weight excluding hydrogens is 296 g/mol. The molecule has 7 nitrogen and oxygen atoms in total. The number of para-hydroxylation sites is 2. The second kappa shape index (κ2) is 5.69. The summed E-state index contributed by atoms with van der Waals surface area (Å²) in [5.74, 6) is 2.29. The van der Waals surface area contributed by atoms with Gasteiger partial charge in [0.25, 0.3) is 5.89 Å². The van der Waals surface area contributed by atoms with Gasteiger partial charge in [-0.15, -0.1) is 0 Å². The lowest BCUT2D eigenvalue weighted by molar-refractivity contribution is 0.175. The van der Waals surface area contributed by atoms with Crippen molar-refractivity contribution in [2.45, 2.75) is 13.2 Å². The zero-order valence-corrected chi connectivity index (χ0v) is 12.5. The molecule has 4 aromatic rings. The Labute approximate surface area is 131 Å². The smallest absolute Gasteiger partial charge is 0.293 e. The highest BCUT2D eigenvalue weighted by molar-refractivity contribution is 5.75. The van der Waals surface area contributed by atoms with Crippen LogP contribution in [-0.4, -0.2) is 26.8 Å². The number of imidazole rings is 1. The molecule has 0 aliphatic rings. The Kier molecular flexibility index (Phi) is 3.39. The Balaban J connectivity index is 1.71. The van der Waals surface area contributed by atoms with E-state index >= 15 is 0 Å². The average Bonchev–Trinajstić information content (AvgIpc) is 3.29. The molecule has 3 aromatic heterocycles. The summed E-state index contributed by atoms with van der Waals surface area (Å²) >= 11 is 0. The molecule has 0 aliphatic carbocycles. The van der Waals surface area contributed by atoms with E-state index in [4.69, 9.17) is 13.7 Å². The highest BCUT2D eigenvalue weighted by Gasteiger charge is 2.15. The SMILES string of the molecule is COCc1nc2ccccc2n1Cc1noc(-c2ccco2)n1. The molecule has 0 N–H and O–H groups in total. The standard InChI is InChI=1S/C16H14N4O3/c1-21-10-15-17-11-5-2-3-6-12(11)20(15)9-14-18-16(23-19-14)13-7-4-8-22-13/h2-8H,9-10H2,1H3. The highest BCUT2D eigenvalue weighted by atomic mass is 16.5. The van der Waals surface area contributed by atoms with Gasteiger partial charge in [-0.2, -0.15) is 4.98 Å². The minimum absolute atomic E-state index is 0.364. The van der Waals surface area contributed by atoms with Crippen LogP contribution in [0.4, 0.5) is 0 Å². The third kappa shape index (κ3) is 2.51. The maximum Gasteiger partial charge on any atom is 0.293 e. The van der Waals surface area contributed by atoms with E-state index in [1.807, 2.05) is 28.8 Å². The van der Waals surface area contributed by atoms with Crippen molar-refractivity contribution in [1.82, 2.24) is 19.7 Å². The van der Waals surface area contributed by atoms with E-state index in [2.05, 4.69) is 15.1 Å². The maximum atomic E-state index is 5.27. The van der Waals surface area contributed by atoms with Crippen molar-refractivity contribution in [2.75, 3.05) is 7.11 Å². The van der Waals surface area contributed by atoms with Crippen molar-refractivity contribution in [3.05, 3.63) is 54.3 Å². The normalized spacial score (nSPS) is 11.3. The van der Waals surface area contributed by atoms with Crippen LogP contribution in [0, 0.1) is 0 Å². The number of fused-ring (bicyclic) bond motifs is 1. The first-order valence-electron chi connectivity index (χ1n) is 7.14. The van der Waals surface area contributed by atoms with Gasteiger partial charge in [-0.1, -0.05) is 17.3 Å². The number of benzene rings is 1. The molecule has 4 rings (SSSR count). The topological polar surface area (TPSA) is 79.1 Å². The van der Waals surface area contributed by atoms with Gasteiger partial charge in [0.2, 0.25) is 0 Å². The van der Waals surface area contributed by atoms with Crippen LogP contribution in [0.2, 0.25) is 0 Å². The third-order valence-corrected chi connectivity index (χ3v) is 3.51. The molecule has 23 heavy (non-hydrogen) atoms. The van der Waals surface area contributed by atoms with Crippen molar-refractivity contribution in [2.24, 2.45) is 0 Å². The first kappa shape index (κ1) is 13.7. The van der Waals surface area contributed by atoms with E-state index in [-0.39, 0.29) is 0 Å². The Bertz CT molecular complexity index is 924. The van der Waals surface area contributed by atoms with Gasteiger partial charge in [-0.3, -0.25) is 0 Å². The molecule has 3 heterocycles. The van der Waals surface area contributed by atoms with Crippen LogP contribution in [0.5, 0.6) is 0 Å². The van der Waals surface area contributed by atoms with E-state index in [1.165, 1.54) is 0 Å². The monoisotopic (exact) mass is 310 g/mol. The summed E-state index contributed by atoms with van der Waals surface area (Å²) in [6.45, 7) is 0.862. The minimum Gasteiger partial charge on any atom is -0.459 e. The van der Waals surface area contributed by atoms with Crippen molar-refractivity contribution < 1.29 is 13.7 Å². The largest absolute Gasteiger partial charge is 0.459 e. The summed E-state index contributed by atoms with van der Waals surface area (Å²) in [5, 5.41) is 4.02. The van der Waals surface area contributed by atoms with Crippen molar-refractivity contribution in [3.8, 4) is 11.7 Å². The number of ether oxygens (including phenoxy) is 1. The number of methoxy groups -OCH3 is 1. The van der Waals surface area contributed by atoms with Gasteiger partial charge in [-0.05, 0) is 24.3 Å². The zero-order chi connectivity index (χ0) is 15.6. The molecule has 0 bridgehead atoms. The summed E-state index contributed by atoms with van der Waals surface area (Å²) in [7, 11) is 1.65. The molecule has 0 saturated carbocycles. The second-order valence-corrected chi connectivity index (χ2v) is 5.03. The van der Waals surface area contributed by atoms with Gasteiger partial charge in [0.05, 0.1) is 23.8 Å². The predicted molar refractivity (Wildman–Crippen MR) is 81.5 cm³/mol. The summed E-state index contributed by atoms with van der Waals surface area (Å²) in [6.07, 6.45) is 1.57. The van der Waals surface area contributed by atoms with E-state index < -0.39 is 0 Å². The Morgan fingerprint density at radius 2 is 2.04 bits per heavy atom. The Morgan fingerprint density at radius 1 is 1.13 bits per heavy atom.